The van der Waals surface area contributed by atoms with Crippen LogP contribution >= 0.6 is 0 Å². The van der Waals surface area contributed by atoms with Crippen LogP contribution in [0.2, 0.25) is 0 Å². The van der Waals surface area contributed by atoms with Crippen molar-refractivity contribution < 1.29 is 9.53 Å². The van der Waals surface area contributed by atoms with Gasteiger partial charge in [-0.05, 0) is 18.8 Å². The van der Waals surface area contributed by atoms with Crippen molar-refractivity contribution >= 4 is 11.9 Å². The maximum Gasteiger partial charge on any atom is 0.310 e. The molecule has 0 saturated carbocycles. The molecular weight excluding hydrogens is 230 g/mol. The van der Waals surface area contributed by atoms with E-state index in [4.69, 9.17) is 4.74 Å². The first-order valence-corrected chi connectivity index (χ1v) is 6.62. The summed E-state index contributed by atoms with van der Waals surface area (Å²) in [6, 6.07) is 0. The molecule has 0 aromatic heterocycles. The Hall–Kier alpha value is -1.26. The molecule has 0 amide bonds. The van der Waals surface area contributed by atoms with Crippen LogP contribution < -0.4 is 5.32 Å². The first kappa shape index (κ1) is 14.8. The summed E-state index contributed by atoms with van der Waals surface area (Å²) in [5.41, 5.74) is 0. The lowest BCUT2D eigenvalue weighted by Gasteiger charge is -2.33. The smallest absolute Gasteiger partial charge is 0.310 e. The summed E-state index contributed by atoms with van der Waals surface area (Å²) in [5.74, 6) is 1.34. The third-order valence-electron chi connectivity index (χ3n) is 3.46. The van der Waals surface area contributed by atoms with Gasteiger partial charge < -0.3 is 15.0 Å². The predicted molar refractivity (Wildman–Crippen MR) is 72.5 cm³/mol. The molecule has 1 unspecified atom stereocenters. The molecule has 0 radical (unpaired) electrons. The van der Waals surface area contributed by atoms with Crippen LogP contribution in [0.25, 0.3) is 0 Å². The monoisotopic (exact) mass is 255 g/mol. The molecule has 104 valence electrons. The van der Waals surface area contributed by atoms with Gasteiger partial charge in [-0.25, -0.2) is 0 Å². The molecule has 1 heterocycles. The van der Waals surface area contributed by atoms with E-state index in [1.807, 2.05) is 6.92 Å². The molecule has 18 heavy (non-hydrogen) atoms. The molecule has 1 aliphatic rings. The highest BCUT2D eigenvalue weighted by Crippen LogP contribution is 2.15. The number of rotatable bonds is 3. The number of piperidine rings is 1. The second kappa shape index (κ2) is 7.24. The van der Waals surface area contributed by atoms with Gasteiger partial charge in [0.1, 0.15) is 0 Å². The van der Waals surface area contributed by atoms with Gasteiger partial charge in [0, 0.05) is 26.7 Å². The fraction of sp³-hybridized carbons (Fsp3) is 0.846. The number of aliphatic imine (C=N–C) groups is 1. The summed E-state index contributed by atoms with van der Waals surface area (Å²) < 4.78 is 4.71. The molecule has 5 heteroatoms. The summed E-state index contributed by atoms with van der Waals surface area (Å²) in [4.78, 5) is 17.8. The highest BCUT2D eigenvalue weighted by Gasteiger charge is 2.20. The van der Waals surface area contributed by atoms with Crippen molar-refractivity contribution in [1.82, 2.24) is 10.2 Å². The Kier molecular flexibility index (Phi) is 5.95. The Balaban J connectivity index is 2.41. The second-order valence-electron chi connectivity index (χ2n) is 5.02. The van der Waals surface area contributed by atoms with E-state index in [9.17, 15) is 4.79 Å². The fourth-order valence-corrected chi connectivity index (χ4v) is 2.08. The van der Waals surface area contributed by atoms with Gasteiger partial charge in [-0.1, -0.05) is 13.8 Å². The van der Waals surface area contributed by atoms with Gasteiger partial charge in [0.05, 0.1) is 13.0 Å². The van der Waals surface area contributed by atoms with Crippen LogP contribution in [0.4, 0.5) is 0 Å². The number of nitrogens with zero attached hydrogens (tertiary/aromatic N) is 2. The van der Waals surface area contributed by atoms with Crippen LogP contribution in [0.5, 0.6) is 0 Å². The quantitative estimate of drug-likeness (QED) is 0.466. The first-order valence-electron chi connectivity index (χ1n) is 6.62. The average molecular weight is 255 g/mol. The zero-order chi connectivity index (χ0) is 13.5. The molecule has 1 aliphatic heterocycles. The number of likely N-dealkylation sites (tertiary alicyclic amines) is 1. The molecule has 1 fully saturated rings. The van der Waals surface area contributed by atoms with Gasteiger partial charge in [-0.2, -0.15) is 0 Å². The lowest BCUT2D eigenvalue weighted by Crippen LogP contribution is -2.47. The maximum atomic E-state index is 11.3. The number of carbonyl (C=O) groups is 1. The van der Waals surface area contributed by atoms with Crippen LogP contribution in [0.15, 0.2) is 4.99 Å². The topological polar surface area (TPSA) is 53.9 Å². The molecule has 0 aromatic carbocycles. The summed E-state index contributed by atoms with van der Waals surface area (Å²) >= 11 is 0. The number of guanidine groups is 1. The van der Waals surface area contributed by atoms with E-state index >= 15 is 0 Å². The lowest BCUT2D eigenvalue weighted by molar-refractivity contribution is -0.144. The Labute approximate surface area is 110 Å². The van der Waals surface area contributed by atoms with Crippen LogP contribution in [0.3, 0.4) is 0 Å². The average Bonchev–Trinajstić information content (AvgIpc) is 2.40. The molecule has 1 saturated heterocycles. The highest BCUT2D eigenvalue weighted by atomic mass is 16.5. The van der Waals surface area contributed by atoms with Crippen molar-refractivity contribution in [1.29, 1.82) is 0 Å². The molecule has 5 nitrogen and oxygen atoms in total. The molecule has 0 spiro atoms. The number of hydrogen-bond donors (Lipinski definition) is 1. The van der Waals surface area contributed by atoms with Gasteiger partial charge in [-0.3, -0.25) is 9.79 Å². The van der Waals surface area contributed by atoms with Crippen molar-refractivity contribution in [2.75, 3.05) is 33.8 Å². The molecular formula is C13H25N3O2. The highest BCUT2D eigenvalue weighted by molar-refractivity contribution is 5.81. The van der Waals surface area contributed by atoms with Gasteiger partial charge >= 0.3 is 5.97 Å². The minimum absolute atomic E-state index is 0.157. The number of hydrogen-bond acceptors (Lipinski definition) is 3. The van der Waals surface area contributed by atoms with Crippen LogP contribution in [-0.2, 0) is 9.53 Å². The zero-order valence-electron chi connectivity index (χ0n) is 11.9. The maximum absolute atomic E-state index is 11.3. The molecule has 0 aliphatic carbocycles. The van der Waals surface area contributed by atoms with E-state index in [1.165, 1.54) is 20.0 Å². The Morgan fingerprint density at radius 3 is 2.61 bits per heavy atom. The van der Waals surface area contributed by atoms with E-state index in [-0.39, 0.29) is 11.9 Å². The van der Waals surface area contributed by atoms with Crippen LogP contribution in [0, 0.1) is 11.8 Å². The molecule has 0 bridgehead atoms. The fourth-order valence-electron chi connectivity index (χ4n) is 2.08. The Bertz CT molecular complexity index is 297. The lowest BCUT2D eigenvalue weighted by atomic mass is 9.99. The largest absolute Gasteiger partial charge is 0.469 e. The molecule has 0 aromatic rings. The number of esters is 1. The van der Waals surface area contributed by atoms with Crippen molar-refractivity contribution in [2.24, 2.45) is 16.8 Å². The molecule has 1 atom stereocenters. The van der Waals surface area contributed by atoms with Crippen LogP contribution in [0.1, 0.15) is 26.7 Å². The first-order chi connectivity index (χ1) is 8.58. The van der Waals surface area contributed by atoms with Crippen LogP contribution in [-0.4, -0.2) is 50.6 Å². The van der Waals surface area contributed by atoms with Crippen molar-refractivity contribution in [3.05, 3.63) is 0 Å². The number of carbonyl (C=O) groups excluding carboxylic acids is 1. The van der Waals surface area contributed by atoms with Gasteiger partial charge in [0.15, 0.2) is 5.96 Å². The molecule has 1 rings (SSSR count). The van der Waals surface area contributed by atoms with E-state index in [1.54, 1.807) is 7.05 Å². The van der Waals surface area contributed by atoms with Crippen molar-refractivity contribution in [3.63, 3.8) is 0 Å². The summed E-state index contributed by atoms with van der Waals surface area (Å²) in [6.45, 7) is 6.77. The normalized spacial score (nSPS) is 19.6. The van der Waals surface area contributed by atoms with E-state index in [2.05, 4.69) is 22.1 Å². The standard InChI is InChI=1S/C13H25N3O2/c1-10-5-7-16(8-6-10)13(14-3)15-9-11(2)12(17)18-4/h10-11H,5-9H2,1-4H3,(H,14,15). The zero-order valence-corrected chi connectivity index (χ0v) is 11.9. The van der Waals surface area contributed by atoms with Gasteiger partial charge in [0.25, 0.3) is 0 Å². The number of ether oxygens (including phenoxy) is 1. The third kappa shape index (κ3) is 4.20. The number of methoxy groups -OCH3 is 1. The van der Waals surface area contributed by atoms with Crippen molar-refractivity contribution in [2.45, 2.75) is 26.7 Å². The molecule has 1 N–H and O–H groups in total. The summed E-state index contributed by atoms with van der Waals surface area (Å²) in [6.07, 6.45) is 2.40. The minimum Gasteiger partial charge on any atom is -0.469 e. The van der Waals surface area contributed by atoms with E-state index < -0.39 is 0 Å². The SMILES string of the molecule is CN=C(NCC(C)C(=O)OC)N1CCC(C)CC1. The van der Waals surface area contributed by atoms with E-state index in [0.29, 0.717) is 6.54 Å². The Morgan fingerprint density at radius 2 is 2.11 bits per heavy atom. The van der Waals surface area contributed by atoms with Crippen molar-refractivity contribution in [3.8, 4) is 0 Å². The van der Waals surface area contributed by atoms with Gasteiger partial charge in [-0.15, -0.1) is 0 Å². The third-order valence-corrected chi connectivity index (χ3v) is 3.46. The van der Waals surface area contributed by atoms with E-state index in [0.717, 1.165) is 25.0 Å². The summed E-state index contributed by atoms with van der Waals surface area (Å²) in [5, 5.41) is 3.24. The second-order valence-corrected chi connectivity index (χ2v) is 5.02. The summed E-state index contributed by atoms with van der Waals surface area (Å²) in [7, 11) is 3.20. The predicted octanol–water partition coefficient (Wildman–Crippen LogP) is 1.10. The Morgan fingerprint density at radius 1 is 1.50 bits per heavy atom. The number of nitrogens with one attached hydrogen (secondary N) is 1. The minimum atomic E-state index is -0.190. The van der Waals surface area contributed by atoms with Gasteiger partial charge in [0.2, 0.25) is 0 Å².